The number of hydrogen-bond acceptors (Lipinski definition) is 5. The fourth-order valence-corrected chi connectivity index (χ4v) is 4.72. The molecule has 7 nitrogen and oxygen atoms in total. The van der Waals surface area contributed by atoms with Crippen LogP contribution in [-0.4, -0.2) is 17.8 Å². The molecule has 1 N–H and O–H groups in total. The van der Waals surface area contributed by atoms with E-state index in [1.54, 1.807) is 54.6 Å². The highest BCUT2D eigenvalue weighted by molar-refractivity contribution is 6.39. The maximum absolute atomic E-state index is 13.3. The lowest BCUT2D eigenvalue weighted by molar-refractivity contribution is -0.122. The summed E-state index contributed by atoms with van der Waals surface area (Å²) in [5, 5.41) is 3.40. The van der Waals surface area contributed by atoms with Gasteiger partial charge in [-0.25, -0.2) is 14.1 Å². The summed E-state index contributed by atoms with van der Waals surface area (Å²) in [6.07, 6.45) is 1.33. The summed E-state index contributed by atoms with van der Waals surface area (Å²) >= 11 is 18.5. The molecule has 0 atom stereocenters. The summed E-state index contributed by atoms with van der Waals surface area (Å²) in [5.74, 6) is -1.16. The third kappa shape index (κ3) is 6.74. The monoisotopic (exact) mass is 624 g/mol. The van der Waals surface area contributed by atoms with Gasteiger partial charge in [0.25, 0.3) is 11.8 Å². The van der Waals surface area contributed by atoms with E-state index in [4.69, 9.17) is 44.3 Å². The van der Waals surface area contributed by atoms with Gasteiger partial charge in [-0.15, -0.1) is 0 Å². The van der Waals surface area contributed by atoms with Crippen LogP contribution in [0.3, 0.4) is 0 Å². The van der Waals surface area contributed by atoms with E-state index in [-0.39, 0.29) is 35.3 Å². The van der Waals surface area contributed by atoms with E-state index in [0.717, 1.165) is 16.0 Å². The number of amides is 4. The van der Waals surface area contributed by atoms with Crippen molar-refractivity contribution in [2.45, 2.75) is 13.2 Å². The van der Waals surface area contributed by atoms with E-state index in [2.05, 4.69) is 5.32 Å². The minimum Gasteiger partial charge on any atom is -0.489 e. The molecule has 1 aliphatic heterocycles. The fourth-order valence-electron chi connectivity index (χ4n) is 4.02. The van der Waals surface area contributed by atoms with Gasteiger partial charge in [0, 0.05) is 15.6 Å². The number of urea groups is 1. The first kappa shape index (κ1) is 29.1. The fraction of sp³-hybridized carbons (Fsp3) is 0.0645. The molecule has 4 aromatic rings. The Morgan fingerprint density at radius 1 is 0.786 bits per heavy atom. The molecule has 0 radical (unpaired) electrons. The van der Waals surface area contributed by atoms with Gasteiger partial charge in [0.2, 0.25) is 0 Å². The molecule has 11 heteroatoms. The normalized spacial score (nSPS) is 14.2. The van der Waals surface area contributed by atoms with Crippen LogP contribution in [0.15, 0.2) is 90.5 Å². The Morgan fingerprint density at radius 3 is 2.21 bits per heavy atom. The van der Waals surface area contributed by atoms with Crippen LogP contribution < -0.4 is 19.7 Å². The van der Waals surface area contributed by atoms with Gasteiger partial charge in [-0.1, -0.05) is 59.1 Å². The largest absolute Gasteiger partial charge is 0.489 e. The van der Waals surface area contributed by atoms with Crippen molar-refractivity contribution in [3.8, 4) is 11.5 Å². The van der Waals surface area contributed by atoms with E-state index in [9.17, 15) is 18.8 Å². The van der Waals surface area contributed by atoms with Gasteiger partial charge >= 0.3 is 6.03 Å². The Bertz CT molecular complexity index is 1710. The van der Waals surface area contributed by atoms with E-state index < -0.39 is 17.8 Å². The number of imide groups is 2. The average molecular weight is 626 g/mol. The third-order valence-corrected chi connectivity index (χ3v) is 7.06. The zero-order valence-corrected chi connectivity index (χ0v) is 23.8. The van der Waals surface area contributed by atoms with Crippen LogP contribution >= 0.6 is 34.8 Å². The smallest absolute Gasteiger partial charge is 0.335 e. The summed E-state index contributed by atoms with van der Waals surface area (Å²) in [5.41, 5.74) is 1.89. The SMILES string of the molecule is O=C1NC(=O)N(c2ccc(OCc3ccc(Cl)cc3Cl)cc2)C(=O)/C1=C/c1ccc(OCc2ccc(F)cc2)c(Cl)c1. The Labute approximate surface area is 255 Å². The standard InChI is InChI=1S/C31H20Cl3FN2O5/c32-21-5-4-20(26(33)15-21)17-41-24-10-8-23(9-11-24)37-30(39)25(29(38)36-31(37)40)13-19-3-12-28(27(34)14-19)42-16-18-1-6-22(35)7-2-18/h1-15H,16-17H2,(H,36,38,40)/b25-13+. The molecule has 1 saturated heterocycles. The first-order chi connectivity index (χ1) is 20.2. The molecule has 212 valence electrons. The predicted molar refractivity (Wildman–Crippen MR) is 158 cm³/mol. The topological polar surface area (TPSA) is 84.9 Å². The van der Waals surface area contributed by atoms with Crippen molar-refractivity contribution in [2.75, 3.05) is 4.90 Å². The second-order valence-electron chi connectivity index (χ2n) is 9.08. The van der Waals surface area contributed by atoms with Crippen molar-refractivity contribution in [1.29, 1.82) is 0 Å². The Kier molecular flexibility index (Phi) is 8.77. The van der Waals surface area contributed by atoms with Crippen LogP contribution in [0.5, 0.6) is 11.5 Å². The molecule has 0 unspecified atom stereocenters. The van der Waals surface area contributed by atoms with Gasteiger partial charge in [0.05, 0.1) is 10.7 Å². The maximum Gasteiger partial charge on any atom is 0.335 e. The number of halogens is 4. The van der Waals surface area contributed by atoms with Crippen LogP contribution in [0, 0.1) is 5.82 Å². The molecule has 1 heterocycles. The number of hydrogen-bond donors (Lipinski definition) is 1. The Balaban J connectivity index is 1.28. The van der Waals surface area contributed by atoms with Gasteiger partial charge in [0.15, 0.2) is 0 Å². The van der Waals surface area contributed by atoms with Gasteiger partial charge in [0.1, 0.15) is 36.1 Å². The van der Waals surface area contributed by atoms with E-state index >= 15 is 0 Å². The Hall–Kier alpha value is -4.37. The molecule has 0 saturated carbocycles. The second-order valence-corrected chi connectivity index (χ2v) is 10.3. The van der Waals surface area contributed by atoms with Gasteiger partial charge in [-0.2, -0.15) is 0 Å². The lowest BCUT2D eigenvalue weighted by Crippen LogP contribution is -2.54. The van der Waals surface area contributed by atoms with Crippen molar-refractivity contribution in [3.05, 3.63) is 128 Å². The van der Waals surface area contributed by atoms with E-state index in [0.29, 0.717) is 27.1 Å². The Morgan fingerprint density at radius 2 is 1.52 bits per heavy atom. The number of benzene rings is 4. The van der Waals surface area contributed by atoms with Gasteiger partial charge in [-0.3, -0.25) is 14.9 Å². The second kappa shape index (κ2) is 12.7. The van der Waals surface area contributed by atoms with E-state index in [1.807, 2.05) is 0 Å². The van der Waals surface area contributed by atoms with Crippen molar-refractivity contribution < 1.29 is 28.2 Å². The number of nitrogens with zero attached hydrogens (tertiary/aromatic N) is 1. The van der Waals surface area contributed by atoms with Gasteiger partial charge in [-0.05, 0) is 77.9 Å². The number of barbiturate groups is 1. The molecule has 4 amide bonds. The number of carbonyl (C=O) groups is 3. The highest BCUT2D eigenvalue weighted by Gasteiger charge is 2.36. The summed E-state index contributed by atoms with van der Waals surface area (Å²) in [6.45, 7) is 0.343. The van der Waals surface area contributed by atoms with E-state index in [1.165, 1.54) is 36.4 Å². The summed E-state index contributed by atoms with van der Waals surface area (Å²) in [6, 6.07) is 21.0. The van der Waals surface area contributed by atoms with Crippen LogP contribution in [0.25, 0.3) is 6.08 Å². The molecule has 5 rings (SSSR count). The number of rotatable bonds is 8. The first-order valence-corrected chi connectivity index (χ1v) is 13.6. The molecule has 1 fully saturated rings. The van der Waals surface area contributed by atoms with Crippen molar-refractivity contribution in [3.63, 3.8) is 0 Å². The minimum atomic E-state index is -0.883. The van der Waals surface area contributed by atoms with Crippen molar-refractivity contribution >= 4 is 64.4 Å². The molecule has 0 bridgehead atoms. The number of ether oxygens (including phenoxy) is 2. The molecular weight excluding hydrogens is 606 g/mol. The zero-order valence-electron chi connectivity index (χ0n) is 21.6. The summed E-state index contributed by atoms with van der Waals surface area (Å²) in [4.78, 5) is 39.3. The minimum absolute atomic E-state index is 0.164. The lowest BCUT2D eigenvalue weighted by atomic mass is 10.1. The predicted octanol–water partition coefficient (Wildman–Crippen LogP) is 7.61. The molecule has 0 aliphatic carbocycles. The van der Waals surface area contributed by atoms with Crippen LogP contribution in [0.2, 0.25) is 15.1 Å². The zero-order chi connectivity index (χ0) is 29.8. The number of nitrogens with one attached hydrogen (secondary N) is 1. The summed E-state index contributed by atoms with van der Waals surface area (Å²) in [7, 11) is 0. The van der Waals surface area contributed by atoms with Crippen LogP contribution in [0.1, 0.15) is 16.7 Å². The van der Waals surface area contributed by atoms with Crippen molar-refractivity contribution in [1.82, 2.24) is 5.32 Å². The first-order valence-electron chi connectivity index (χ1n) is 12.4. The van der Waals surface area contributed by atoms with Gasteiger partial charge < -0.3 is 9.47 Å². The molecule has 0 spiro atoms. The molecule has 0 aromatic heterocycles. The maximum atomic E-state index is 13.3. The molecule has 4 aromatic carbocycles. The number of anilines is 1. The molecular formula is C31H20Cl3FN2O5. The number of carbonyl (C=O) groups excluding carboxylic acids is 3. The molecule has 1 aliphatic rings. The lowest BCUT2D eigenvalue weighted by Gasteiger charge is -2.26. The quantitative estimate of drug-likeness (QED) is 0.161. The van der Waals surface area contributed by atoms with Crippen LogP contribution in [-0.2, 0) is 22.8 Å². The highest BCUT2D eigenvalue weighted by Crippen LogP contribution is 2.29. The average Bonchev–Trinajstić information content (AvgIpc) is 2.96. The van der Waals surface area contributed by atoms with Crippen molar-refractivity contribution in [2.24, 2.45) is 0 Å². The molecule has 42 heavy (non-hydrogen) atoms. The highest BCUT2D eigenvalue weighted by atomic mass is 35.5. The van der Waals surface area contributed by atoms with Crippen LogP contribution in [0.4, 0.5) is 14.9 Å². The summed E-state index contributed by atoms with van der Waals surface area (Å²) < 4.78 is 24.6. The third-order valence-electron chi connectivity index (χ3n) is 6.18.